The fraction of sp³-hybridized carbons (Fsp3) is 0.100. The lowest BCUT2D eigenvalue weighted by Crippen LogP contribution is -2.43. The van der Waals surface area contributed by atoms with Crippen molar-refractivity contribution in [1.29, 1.82) is 0 Å². The van der Waals surface area contributed by atoms with Gasteiger partial charge in [-0.3, -0.25) is 4.79 Å². The van der Waals surface area contributed by atoms with Crippen LogP contribution in [0.25, 0.3) is 0 Å². The fourth-order valence-corrected chi connectivity index (χ4v) is 4.28. The zero-order valence-corrected chi connectivity index (χ0v) is 22.5. The Balaban J connectivity index is 1.50. The van der Waals surface area contributed by atoms with E-state index in [0.717, 1.165) is 5.56 Å². The third kappa shape index (κ3) is 6.34. The number of ether oxygens (including phenoxy) is 2. The fourth-order valence-electron chi connectivity index (χ4n) is 3.86. The molecule has 4 rings (SSSR count). The number of hydrogen-bond acceptors (Lipinski definition) is 6. The van der Waals surface area contributed by atoms with Gasteiger partial charge in [0.2, 0.25) is 0 Å². The number of aliphatic hydroxyl groups is 1. The monoisotopic (exact) mass is 588 g/mol. The lowest BCUT2D eigenvalue weighted by molar-refractivity contribution is -0.136. The van der Waals surface area contributed by atoms with Crippen LogP contribution in [0.5, 0.6) is 11.5 Å². The minimum absolute atomic E-state index is 0.195. The summed E-state index contributed by atoms with van der Waals surface area (Å²) in [6, 6.07) is 27.1. The smallest absolute Gasteiger partial charge is 0.335 e. The number of carbonyl (C=O) groups is 2. The number of amides is 1. The number of nitrogens with zero attached hydrogens (tertiary/aromatic N) is 1. The standard InChI is InChI=1S/C30H25BrN2O6/c1-38-26-16-22(25(31)17-27(26)39-19-20-12-14-21(15-13-20)28(34)35)18-32-33-29(36)30(37,23-8-4-2-5-9-23)24-10-6-3-7-11-24/h2-18,37H,19H2,1H3,(H,33,36)(H,34,35)/b32-18+. The van der Waals surface area contributed by atoms with Crippen LogP contribution in [0.4, 0.5) is 0 Å². The van der Waals surface area contributed by atoms with Crippen LogP contribution in [0.2, 0.25) is 0 Å². The molecule has 39 heavy (non-hydrogen) atoms. The molecule has 4 aromatic rings. The average molecular weight is 589 g/mol. The van der Waals surface area contributed by atoms with Crippen molar-refractivity contribution in [2.75, 3.05) is 7.11 Å². The number of hydrazone groups is 1. The van der Waals surface area contributed by atoms with Gasteiger partial charge in [-0.05, 0) is 56.9 Å². The van der Waals surface area contributed by atoms with Crippen molar-refractivity contribution in [1.82, 2.24) is 5.43 Å². The minimum atomic E-state index is -1.95. The van der Waals surface area contributed by atoms with E-state index >= 15 is 0 Å². The first-order valence-electron chi connectivity index (χ1n) is 11.8. The Morgan fingerprint density at radius 3 is 2.05 bits per heavy atom. The van der Waals surface area contributed by atoms with E-state index in [4.69, 9.17) is 14.6 Å². The molecule has 0 radical (unpaired) electrons. The van der Waals surface area contributed by atoms with Crippen LogP contribution in [0.3, 0.4) is 0 Å². The van der Waals surface area contributed by atoms with Crippen LogP contribution in [0.1, 0.15) is 32.6 Å². The zero-order chi connectivity index (χ0) is 27.8. The topological polar surface area (TPSA) is 117 Å². The Hall–Kier alpha value is -4.47. The van der Waals surface area contributed by atoms with Crippen molar-refractivity contribution >= 4 is 34.0 Å². The van der Waals surface area contributed by atoms with Crippen LogP contribution in [-0.4, -0.2) is 35.4 Å². The number of carboxylic acids is 1. The van der Waals surface area contributed by atoms with Crippen molar-refractivity contribution in [3.8, 4) is 11.5 Å². The maximum atomic E-state index is 13.2. The summed E-state index contributed by atoms with van der Waals surface area (Å²) in [4.78, 5) is 24.3. The van der Waals surface area contributed by atoms with Crippen LogP contribution >= 0.6 is 15.9 Å². The molecule has 8 nitrogen and oxygen atoms in total. The van der Waals surface area contributed by atoms with Crippen molar-refractivity contribution in [2.45, 2.75) is 12.2 Å². The van der Waals surface area contributed by atoms with Gasteiger partial charge in [0.1, 0.15) is 6.61 Å². The molecule has 0 unspecified atom stereocenters. The highest BCUT2D eigenvalue weighted by Crippen LogP contribution is 2.34. The van der Waals surface area contributed by atoms with Crippen LogP contribution in [0, 0.1) is 0 Å². The SMILES string of the molecule is COc1cc(/C=N/NC(=O)C(O)(c2ccccc2)c2ccccc2)c(Br)cc1OCc1ccc(C(=O)O)cc1. The average Bonchev–Trinajstić information content (AvgIpc) is 2.97. The van der Waals surface area contributed by atoms with Gasteiger partial charge in [-0.1, -0.05) is 72.8 Å². The Bertz CT molecular complexity index is 1440. The Morgan fingerprint density at radius 2 is 1.51 bits per heavy atom. The molecule has 4 aromatic carbocycles. The highest BCUT2D eigenvalue weighted by molar-refractivity contribution is 9.10. The Morgan fingerprint density at radius 1 is 0.923 bits per heavy atom. The first-order valence-corrected chi connectivity index (χ1v) is 12.6. The lowest BCUT2D eigenvalue weighted by atomic mass is 9.85. The molecule has 0 aliphatic carbocycles. The van der Waals surface area contributed by atoms with E-state index in [1.165, 1.54) is 25.5 Å². The van der Waals surface area contributed by atoms with Crippen molar-refractivity contribution in [3.63, 3.8) is 0 Å². The van der Waals surface area contributed by atoms with Gasteiger partial charge in [0.25, 0.3) is 5.91 Å². The molecule has 0 bridgehead atoms. The molecule has 198 valence electrons. The summed E-state index contributed by atoms with van der Waals surface area (Å²) in [6.07, 6.45) is 1.43. The quantitative estimate of drug-likeness (QED) is 0.175. The van der Waals surface area contributed by atoms with E-state index in [1.54, 1.807) is 84.9 Å². The summed E-state index contributed by atoms with van der Waals surface area (Å²) < 4.78 is 12.0. The van der Waals surface area contributed by atoms with Crippen molar-refractivity contribution in [3.05, 3.63) is 129 Å². The number of carbonyl (C=O) groups excluding carboxylic acids is 1. The van der Waals surface area contributed by atoms with E-state index < -0.39 is 17.5 Å². The molecule has 3 N–H and O–H groups in total. The second kappa shape index (κ2) is 12.4. The van der Waals surface area contributed by atoms with Gasteiger partial charge in [0.05, 0.1) is 18.9 Å². The van der Waals surface area contributed by atoms with Gasteiger partial charge in [-0.15, -0.1) is 0 Å². The third-order valence-electron chi connectivity index (χ3n) is 5.96. The molecule has 9 heteroatoms. The summed E-state index contributed by atoms with van der Waals surface area (Å²) in [7, 11) is 1.50. The molecule has 0 spiro atoms. The number of nitrogens with one attached hydrogen (secondary N) is 1. The van der Waals surface area contributed by atoms with E-state index in [9.17, 15) is 14.7 Å². The maximum absolute atomic E-state index is 13.2. The molecular weight excluding hydrogens is 564 g/mol. The summed E-state index contributed by atoms with van der Waals surface area (Å²) >= 11 is 3.49. The minimum Gasteiger partial charge on any atom is -0.493 e. The zero-order valence-electron chi connectivity index (χ0n) is 20.9. The number of aromatic carboxylic acids is 1. The van der Waals surface area contributed by atoms with E-state index in [-0.39, 0.29) is 12.2 Å². The van der Waals surface area contributed by atoms with Crippen LogP contribution in [-0.2, 0) is 17.0 Å². The number of halogens is 1. The third-order valence-corrected chi connectivity index (χ3v) is 6.65. The van der Waals surface area contributed by atoms with E-state index in [1.807, 2.05) is 0 Å². The normalized spacial score (nSPS) is 11.3. The summed E-state index contributed by atoms with van der Waals surface area (Å²) in [5.74, 6) is -0.826. The van der Waals surface area contributed by atoms with Gasteiger partial charge < -0.3 is 19.7 Å². The van der Waals surface area contributed by atoms with E-state index in [0.29, 0.717) is 32.7 Å². The van der Waals surface area contributed by atoms with Crippen LogP contribution in [0.15, 0.2) is 107 Å². The molecule has 1 amide bonds. The predicted molar refractivity (Wildman–Crippen MR) is 150 cm³/mol. The number of carboxylic acid groups (broad SMARTS) is 1. The second-order valence-electron chi connectivity index (χ2n) is 8.46. The molecule has 0 fully saturated rings. The highest BCUT2D eigenvalue weighted by Gasteiger charge is 2.39. The molecule has 0 aliphatic heterocycles. The molecule has 0 aliphatic rings. The Labute approximate surface area is 233 Å². The van der Waals surface area contributed by atoms with Crippen LogP contribution < -0.4 is 14.9 Å². The second-order valence-corrected chi connectivity index (χ2v) is 9.31. The summed E-state index contributed by atoms with van der Waals surface area (Å²) in [6.45, 7) is 0.198. The Kier molecular flexibility index (Phi) is 8.75. The van der Waals surface area contributed by atoms with Crippen molar-refractivity contribution < 1.29 is 29.3 Å². The van der Waals surface area contributed by atoms with Gasteiger partial charge in [0, 0.05) is 10.0 Å². The largest absolute Gasteiger partial charge is 0.493 e. The molecule has 0 heterocycles. The molecule has 0 atom stereocenters. The molecule has 0 saturated heterocycles. The lowest BCUT2D eigenvalue weighted by Gasteiger charge is -2.27. The number of benzene rings is 4. The maximum Gasteiger partial charge on any atom is 0.335 e. The summed E-state index contributed by atoms with van der Waals surface area (Å²) in [5.41, 5.74) is 2.89. The van der Waals surface area contributed by atoms with Gasteiger partial charge in [-0.25, -0.2) is 10.2 Å². The number of methoxy groups -OCH3 is 1. The van der Waals surface area contributed by atoms with Gasteiger partial charge >= 0.3 is 5.97 Å². The first kappa shape index (κ1) is 27.6. The molecule has 0 aromatic heterocycles. The number of rotatable bonds is 10. The number of hydrogen-bond donors (Lipinski definition) is 3. The highest BCUT2D eigenvalue weighted by atomic mass is 79.9. The predicted octanol–water partition coefficient (Wildman–Crippen LogP) is 5.12. The molecule has 0 saturated carbocycles. The molecular formula is C30H25BrN2O6. The van der Waals surface area contributed by atoms with Crippen molar-refractivity contribution in [2.24, 2.45) is 5.10 Å². The van der Waals surface area contributed by atoms with E-state index in [2.05, 4.69) is 26.5 Å². The van der Waals surface area contributed by atoms with Gasteiger partial charge in [-0.2, -0.15) is 5.10 Å². The van der Waals surface area contributed by atoms with Gasteiger partial charge in [0.15, 0.2) is 17.1 Å². The summed E-state index contributed by atoms with van der Waals surface area (Å²) in [5, 5.41) is 24.7. The first-order chi connectivity index (χ1) is 18.8.